The molecule has 3 heteroatoms. The Morgan fingerprint density at radius 1 is 1.17 bits per heavy atom. The fraction of sp³-hybridized carbons (Fsp3) is 1.00. The standard InChI is InChI=1S/C15H31N3/c1-4-16-15-7-5-6-13(15)12-18(3)14-8-10-17(2)11-9-14/h13-16H,4-12H2,1-3H3. The van der Waals surface area contributed by atoms with Crippen molar-refractivity contribution < 1.29 is 0 Å². The molecule has 0 aromatic rings. The van der Waals surface area contributed by atoms with Gasteiger partial charge in [0.15, 0.2) is 0 Å². The van der Waals surface area contributed by atoms with E-state index in [-0.39, 0.29) is 0 Å². The van der Waals surface area contributed by atoms with Gasteiger partial charge in [0, 0.05) is 18.6 Å². The summed E-state index contributed by atoms with van der Waals surface area (Å²) >= 11 is 0. The molecule has 3 nitrogen and oxygen atoms in total. The summed E-state index contributed by atoms with van der Waals surface area (Å²) in [4.78, 5) is 5.11. The molecule has 1 aliphatic heterocycles. The average Bonchev–Trinajstić information content (AvgIpc) is 2.78. The molecule has 2 unspecified atom stereocenters. The molecule has 2 fully saturated rings. The van der Waals surface area contributed by atoms with Crippen molar-refractivity contribution in [3.63, 3.8) is 0 Å². The minimum absolute atomic E-state index is 0.781. The van der Waals surface area contributed by atoms with Crippen molar-refractivity contribution in [1.82, 2.24) is 15.1 Å². The molecule has 0 bridgehead atoms. The van der Waals surface area contributed by atoms with E-state index in [1.807, 2.05) is 0 Å². The van der Waals surface area contributed by atoms with Gasteiger partial charge < -0.3 is 15.1 Å². The predicted octanol–water partition coefficient (Wildman–Crippen LogP) is 1.79. The monoisotopic (exact) mass is 253 g/mol. The second kappa shape index (κ2) is 6.88. The predicted molar refractivity (Wildman–Crippen MR) is 78.0 cm³/mol. The normalized spacial score (nSPS) is 31.3. The molecule has 0 aromatic carbocycles. The van der Waals surface area contributed by atoms with Gasteiger partial charge in [-0.3, -0.25) is 0 Å². The smallest absolute Gasteiger partial charge is 0.0117 e. The van der Waals surface area contributed by atoms with Crippen LogP contribution in [0.25, 0.3) is 0 Å². The van der Waals surface area contributed by atoms with Crippen molar-refractivity contribution in [2.45, 2.75) is 51.1 Å². The van der Waals surface area contributed by atoms with Crippen LogP contribution in [0, 0.1) is 5.92 Å². The summed E-state index contributed by atoms with van der Waals surface area (Å²) in [7, 11) is 4.59. The first kappa shape index (κ1) is 14.3. The van der Waals surface area contributed by atoms with E-state index in [4.69, 9.17) is 0 Å². The van der Waals surface area contributed by atoms with Crippen LogP contribution in [0.3, 0.4) is 0 Å². The Morgan fingerprint density at radius 3 is 2.56 bits per heavy atom. The molecule has 1 heterocycles. The van der Waals surface area contributed by atoms with Crippen molar-refractivity contribution in [3.05, 3.63) is 0 Å². The van der Waals surface area contributed by atoms with Gasteiger partial charge in [-0.1, -0.05) is 13.3 Å². The van der Waals surface area contributed by atoms with Gasteiger partial charge in [-0.25, -0.2) is 0 Å². The fourth-order valence-electron chi connectivity index (χ4n) is 3.74. The van der Waals surface area contributed by atoms with Crippen LogP contribution >= 0.6 is 0 Å². The number of likely N-dealkylation sites (tertiary alicyclic amines) is 1. The lowest BCUT2D eigenvalue weighted by Crippen LogP contribution is -2.45. The molecule has 1 aliphatic carbocycles. The second-order valence-electron chi connectivity index (χ2n) is 6.33. The molecule has 0 amide bonds. The van der Waals surface area contributed by atoms with Gasteiger partial charge in [0.1, 0.15) is 0 Å². The van der Waals surface area contributed by atoms with Gasteiger partial charge in [-0.15, -0.1) is 0 Å². The van der Waals surface area contributed by atoms with Crippen LogP contribution < -0.4 is 5.32 Å². The summed E-state index contributed by atoms with van der Waals surface area (Å²) in [6.45, 7) is 7.20. The maximum atomic E-state index is 3.67. The third-order valence-electron chi connectivity index (χ3n) is 4.96. The first-order valence-corrected chi connectivity index (χ1v) is 7.83. The Labute approximate surface area is 113 Å². The molecule has 0 aromatic heterocycles. The van der Waals surface area contributed by atoms with Gasteiger partial charge >= 0.3 is 0 Å². The molecule has 18 heavy (non-hydrogen) atoms. The summed E-state index contributed by atoms with van der Waals surface area (Å²) in [5.41, 5.74) is 0. The fourth-order valence-corrected chi connectivity index (χ4v) is 3.74. The van der Waals surface area contributed by atoms with Gasteiger partial charge in [-0.2, -0.15) is 0 Å². The van der Waals surface area contributed by atoms with E-state index in [9.17, 15) is 0 Å². The second-order valence-corrected chi connectivity index (χ2v) is 6.33. The first-order chi connectivity index (χ1) is 8.70. The highest BCUT2D eigenvalue weighted by Gasteiger charge is 2.29. The highest BCUT2D eigenvalue weighted by Crippen LogP contribution is 2.27. The zero-order valence-corrected chi connectivity index (χ0v) is 12.5. The number of hydrogen-bond acceptors (Lipinski definition) is 3. The molecule has 0 radical (unpaired) electrons. The third kappa shape index (κ3) is 3.69. The van der Waals surface area contributed by atoms with E-state index < -0.39 is 0 Å². The largest absolute Gasteiger partial charge is 0.314 e. The topological polar surface area (TPSA) is 18.5 Å². The molecule has 2 atom stereocenters. The van der Waals surface area contributed by atoms with Crippen LogP contribution in [0.1, 0.15) is 39.0 Å². The number of hydrogen-bond donors (Lipinski definition) is 1. The number of piperidine rings is 1. The molecular weight excluding hydrogens is 222 g/mol. The van der Waals surface area contributed by atoms with Gasteiger partial charge in [0.25, 0.3) is 0 Å². The summed E-state index contributed by atoms with van der Waals surface area (Å²) < 4.78 is 0. The number of nitrogens with one attached hydrogen (secondary N) is 1. The van der Waals surface area contributed by atoms with E-state index in [0.29, 0.717) is 0 Å². The van der Waals surface area contributed by atoms with Crippen LogP contribution in [0.2, 0.25) is 0 Å². The zero-order chi connectivity index (χ0) is 13.0. The van der Waals surface area contributed by atoms with Crippen molar-refractivity contribution in [3.8, 4) is 0 Å². The first-order valence-electron chi connectivity index (χ1n) is 7.83. The summed E-state index contributed by atoms with van der Waals surface area (Å²) in [6, 6.07) is 1.60. The van der Waals surface area contributed by atoms with E-state index in [0.717, 1.165) is 24.5 Å². The van der Waals surface area contributed by atoms with Gasteiger partial charge in [-0.05, 0) is 65.3 Å². The molecule has 2 rings (SSSR count). The van der Waals surface area contributed by atoms with E-state index in [1.165, 1.54) is 51.7 Å². The highest BCUT2D eigenvalue weighted by molar-refractivity contribution is 4.86. The molecule has 1 N–H and O–H groups in total. The van der Waals surface area contributed by atoms with Crippen molar-refractivity contribution in [1.29, 1.82) is 0 Å². The van der Waals surface area contributed by atoms with Crippen LogP contribution in [0.5, 0.6) is 0 Å². The molecule has 1 saturated heterocycles. The zero-order valence-electron chi connectivity index (χ0n) is 12.5. The minimum Gasteiger partial charge on any atom is -0.314 e. The van der Waals surface area contributed by atoms with Crippen molar-refractivity contribution in [2.75, 3.05) is 40.3 Å². The van der Waals surface area contributed by atoms with Crippen LogP contribution in [-0.2, 0) is 0 Å². The Kier molecular flexibility index (Phi) is 5.46. The number of rotatable bonds is 5. The Bertz CT molecular complexity index is 236. The van der Waals surface area contributed by atoms with Crippen LogP contribution in [0.15, 0.2) is 0 Å². The van der Waals surface area contributed by atoms with Gasteiger partial charge in [0.2, 0.25) is 0 Å². The summed E-state index contributed by atoms with van der Waals surface area (Å²) in [5.74, 6) is 0.884. The lowest BCUT2D eigenvalue weighted by atomic mass is 9.99. The van der Waals surface area contributed by atoms with Gasteiger partial charge in [0.05, 0.1) is 0 Å². The minimum atomic E-state index is 0.781. The van der Waals surface area contributed by atoms with E-state index in [1.54, 1.807) is 0 Å². The Morgan fingerprint density at radius 2 is 1.89 bits per heavy atom. The third-order valence-corrected chi connectivity index (χ3v) is 4.96. The lowest BCUT2D eigenvalue weighted by Gasteiger charge is -2.37. The average molecular weight is 253 g/mol. The van der Waals surface area contributed by atoms with Crippen LogP contribution in [0.4, 0.5) is 0 Å². The summed E-state index contributed by atoms with van der Waals surface area (Å²) in [6.07, 6.45) is 6.94. The van der Waals surface area contributed by atoms with Crippen LogP contribution in [-0.4, -0.2) is 62.2 Å². The maximum Gasteiger partial charge on any atom is 0.0117 e. The molecule has 0 spiro atoms. The molecular formula is C15H31N3. The summed E-state index contributed by atoms with van der Waals surface area (Å²) in [5, 5.41) is 3.67. The Balaban J connectivity index is 1.77. The molecule has 2 aliphatic rings. The lowest BCUT2D eigenvalue weighted by molar-refractivity contribution is 0.124. The molecule has 106 valence electrons. The van der Waals surface area contributed by atoms with E-state index in [2.05, 4.69) is 36.1 Å². The SMILES string of the molecule is CCNC1CCCC1CN(C)C1CCN(C)CC1. The Hall–Kier alpha value is -0.120. The molecule has 1 saturated carbocycles. The quantitative estimate of drug-likeness (QED) is 0.806. The van der Waals surface area contributed by atoms with E-state index >= 15 is 0 Å². The van der Waals surface area contributed by atoms with Crippen molar-refractivity contribution >= 4 is 0 Å². The maximum absolute atomic E-state index is 3.67. The highest BCUT2D eigenvalue weighted by atomic mass is 15.2. The van der Waals surface area contributed by atoms with Crippen molar-refractivity contribution in [2.24, 2.45) is 5.92 Å². The number of nitrogens with zero attached hydrogens (tertiary/aromatic N) is 2.